The van der Waals surface area contributed by atoms with Gasteiger partial charge in [-0.15, -0.1) is 0 Å². The summed E-state index contributed by atoms with van der Waals surface area (Å²) in [5.74, 6) is 0. The third-order valence-corrected chi connectivity index (χ3v) is 7.76. The lowest BCUT2D eigenvalue weighted by atomic mass is 9.74. The molecule has 2 nitrogen and oxygen atoms in total. The van der Waals surface area contributed by atoms with E-state index >= 15 is 0 Å². The molecule has 0 aromatic rings. The molecule has 0 aliphatic carbocycles. The summed E-state index contributed by atoms with van der Waals surface area (Å²) in [4.78, 5) is 0. The maximum atomic E-state index is 6.50. The maximum absolute atomic E-state index is 6.50. The van der Waals surface area contributed by atoms with Gasteiger partial charge in [0.05, 0.1) is 27.3 Å². The van der Waals surface area contributed by atoms with Crippen LogP contribution >= 0.6 is 0 Å². The Kier molecular flexibility index (Phi) is 8.45. The number of hydrogen-bond donors (Lipinski definition) is 0. The SMILES string of the molecule is CCCCCCC(=C/[Si](C)(C)C)/C(=C/[Si](C)(C)C)B1OC(C)(C)C(C)(C)O1. The third-order valence-electron chi connectivity index (χ3n) is 5.37. The Balaban J connectivity index is 3.29. The largest absolute Gasteiger partial charge is 0.494 e. The molecule has 1 aliphatic heterocycles. The van der Waals surface area contributed by atoms with Crippen LogP contribution in [0, 0.1) is 0 Å². The second-order valence-electron chi connectivity index (χ2n) is 11.4. The molecule has 156 valence electrons. The van der Waals surface area contributed by atoms with E-state index in [0.29, 0.717) is 0 Å². The Labute approximate surface area is 172 Å². The maximum Gasteiger partial charge on any atom is 0.494 e. The van der Waals surface area contributed by atoms with Gasteiger partial charge in [0.25, 0.3) is 0 Å². The highest BCUT2D eigenvalue weighted by Crippen LogP contribution is 2.41. The molecule has 0 N–H and O–H groups in total. The lowest BCUT2D eigenvalue weighted by molar-refractivity contribution is 0.00578. The van der Waals surface area contributed by atoms with Crippen molar-refractivity contribution >= 4 is 23.3 Å². The fourth-order valence-electron chi connectivity index (χ4n) is 3.31. The molecule has 0 aromatic carbocycles. The van der Waals surface area contributed by atoms with Crippen molar-refractivity contribution in [3.63, 3.8) is 0 Å². The van der Waals surface area contributed by atoms with E-state index in [4.69, 9.17) is 9.31 Å². The van der Waals surface area contributed by atoms with Crippen LogP contribution in [0.1, 0.15) is 66.7 Å². The number of unbranched alkanes of at least 4 members (excludes halogenated alkanes) is 3. The minimum Gasteiger partial charge on any atom is -0.399 e. The van der Waals surface area contributed by atoms with Gasteiger partial charge >= 0.3 is 7.12 Å². The number of allylic oxidation sites excluding steroid dienone is 2. The van der Waals surface area contributed by atoms with Crippen LogP contribution in [0.3, 0.4) is 0 Å². The molecule has 0 unspecified atom stereocenters. The number of hydrogen-bond acceptors (Lipinski definition) is 2. The molecule has 1 rings (SSSR count). The highest BCUT2D eigenvalue weighted by atomic mass is 28.3. The van der Waals surface area contributed by atoms with Gasteiger partial charge in [0.15, 0.2) is 0 Å². The van der Waals surface area contributed by atoms with Crippen molar-refractivity contribution in [1.82, 2.24) is 0 Å². The fourth-order valence-corrected chi connectivity index (χ4v) is 5.92. The van der Waals surface area contributed by atoms with Crippen LogP contribution in [0.15, 0.2) is 22.4 Å². The first-order valence-electron chi connectivity index (χ1n) is 10.9. The highest BCUT2D eigenvalue weighted by molar-refractivity contribution is 6.83. The normalized spacial score (nSPS) is 21.1. The Morgan fingerprint density at radius 2 is 1.26 bits per heavy atom. The Morgan fingerprint density at radius 3 is 1.67 bits per heavy atom. The molecule has 1 heterocycles. The molecule has 0 atom stereocenters. The fraction of sp³-hybridized carbons (Fsp3) is 0.818. The van der Waals surface area contributed by atoms with E-state index in [-0.39, 0.29) is 18.3 Å². The van der Waals surface area contributed by atoms with Gasteiger partial charge in [-0.05, 0) is 46.0 Å². The molecule has 0 saturated carbocycles. The van der Waals surface area contributed by atoms with E-state index < -0.39 is 16.1 Å². The third kappa shape index (κ3) is 8.04. The topological polar surface area (TPSA) is 18.5 Å². The molecular formula is C22H45BO2Si2. The average molecular weight is 409 g/mol. The van der Waals surface area contributed by atoms with Gasteiger partial charge in [-0.3, -0.25) is 0 Å². The first-order chi connectivity index (χ1) is 12.1. The lowest BCUT2D eigenvalue weighted by Crippen LogP contribution is -2.41. The summed E-state index contributed by atoms with van der Waals surface area (Å²) in [7, 11) is -3.01. The summed E-state index contributed by atoms with van der Waals surface area (Å²) >= 11 is 0. The van der Waals surface area contributed by atoms with Crippen LogP contribution < -0.4 is 0 Å². The van der Waals surface area contributed by atoms with Crippen molar-refractivity contribution < 1.29 is 9.31 Å². The minimum absolute atomic E-state index is 0.240. The molecule has 1 saturated heterocycles. The molecular weight excluding hydrogens is 363 g/mol. The van der Waals surface area contributed by atoms with E-state index in [1.165, 1.54) is 36.7 Å². The Bertz CT molecular complexity index is 536. The van der Waals surface area contributed by atoms with Crippen molar-refractivity contribution in [3.8, 4) is 0 Å². The summed E-state index contributed by atoms with van der Waals surface area (Å²) < 4.78 is 13.0. The Hall–Kier alpha value is -0.101. The lowest BCUT2D eigenvalue weighted by Gasteiger charge is -2.32. The molecule has 0 radical (unpaired) electrons. The molecule has 27 heavy (non-hydrogen) atoms. The van der Waals surface area contributed by atoms with Gasteiger partial charge in [-0.2, -0.15) is 0 Å². The zero-order chi connectivity index (χ0) is 21.1. The monoisotopic (exact) mass is 408 g/mol. The van der Waals surface area contributed by atoms with E-state index in [2.05, 4.69) is 85.3 Å². The quantitative estimate of drug-likeness (QED) is 0.228. The smallest absolute Gasteiger partial charge is 0.399 e. The van der Waals surface area contributed by atoms with Crippen LogP contribution in [-0.2, 0) is 9.31 Å². The summed E-state index contributed by atoms with van der Waals surface area (Å²) in [6, 6.07) is 0. The molecule has 0 aromatic heterocycles. The predicted molar refractivity (Wildman–Crippen MR) is 128 cm³/mol. The molecule has 0 spiro atoms. The van der Waals surface area contributed by atoms with Gasteiger partial charge in [0.1, 0.15) is 0 Å². The van der Waals surface area contributed by atoms with Crippen molar-refractivity contribution in [2.45, 2.75) is 117 Å². The molecule has 5 heteroatoms. The van der Waals surface area contributed by atoms with Crippen molar-refractivity contribution in [3.05, 3.63) is 22.4 Å². The van der Waals surface area contributed by atoms with Crippen molar-refractivity contribution in [1.29, 1.82) is 0 Å². The molecule has 0 bridgehead atoms. The van der Waals surface area contributed by atoms with E-state index in [9.17, 15) is 0 Å². The predicted octanol–water partition coefficient (Wildman–Crippen LogP) is 7.20. The zero-order valence-corrected chi connectivity index (χ0v) is 22.1. The van der Waals surface area contributed by atoms with Crippen molar-refractivity contribution in [2.75, 3.05) is 0 Å². The second-order valence-corrected chi connectivity index (χ2v) is 21.4. The average Bonchev–Trinajstić information content (AvgIpc) is 2.66. The summed E-state index contributed by atoms with van der Waals surface area (Å²) in [6.07, 6.45) is 6.31. The Morgan fingerprint density at radius 1 is 0.778 bits per heavy atom. The van der Waals surface area contributed by atoms with E-state index in [0.717, 1.165) is 6.42 Å². The summed E-state index contributed by atoms with van der Waals surface area (Å²) in [5.41, 5.74) is 7.36. The van der Waals surface area contributed by atoms with Crippen LogP contribution in [0.25, 0.3) is 0 Å². The van der Waals surface area contributed by atoms with Gasteiger partial charge in [-0.1, -0.05) is 82.4 Å². The van der Waals surface area contributed by atoms with Gasteiger partial charge in [-0.25, -0.2) is 0 Å². The first kappa shape index (κ1) is 24.9. The molecule has 1 fully saturated rings. The van der Waals surface area contributed by atoms with E-state index in [1.807, 2.05) is 0 Å². The van der Waals surface area contributed by atoms with Gasteiger partial charge in [0.2, 0.25) is 0 Å². The number of rotatable bonds is 9. The first-order valence-corrected chi connectivity index (χ1v) is 18.0. The highest BCUT2D eigenvalue weighted by Gasteiger charge is 2.52. The van der Waals surface area contributed by atoms with Crippen LogP contribution in [-0.4, -0.2) is 34.5 Å². The minimum atomic E-state index is -1.42. The van der Waals surface area contributed by atoms with Crippen LogP contribution in [0.2, 0.25) is 39.3 Å². The van der Waals surface area contributed by atoms with E-state index in [1.54, 1.807) is 0 Å². The van der Waals surface area contributed by atoms with Crippen molar-refractivity contribution in [2.24, 2.45) is 0 Å². The van der Waals surface area contributed by atoms with Gasteiger partial charge < -0.3 is 9.31 Å². The standard InChI is InChI=1S/C22H45BO2Si2/c1-12-13-14-15-16-19(17-26(6,7)8)20(18-27(9,10)11)23-24-21(2,3)22(4,5)25-23/h17-18H,12-16H2,1-11H3/b19-17-,20-18-. The molecule has 0 amide bonds. The van der Waals surface area contributed by atoms with Gasteiger partial charge in [0, 0.05) is 0 Å². The zero-order valence-electron chi connectivity index (χ0n) is 20.1. The molecule has 1 aliphatic rings. The second kappa shape index (κ2) is 9.15. The summed E-state index contributed by atoms with van der Waals surface area (Å²) in [6.45, 7) is 25.4. The van der Waals surface area contributed by atoms with Crippen LogP contribution in [0.4, 0.5) is 0 Å². The van der Waals surface area contributed by atoms with Crippen LogP contribution in [0.5, 0.6) is 0 Å². The summed E-state index contributed by atoms with van der Waals surface area (Å²) in [5, 5.41) is 0.